The first-order chi connectivity index (χ1) is 10.5. The van der Waals surface area contributed by atoms with Gasteiger partial charge in [-0.15, -0.1) is 0 Å². The zero-order valence-electron chi connectivity index (χ0n) is 12.5. The fourth-order valence-corrected chi connectivity index (χ4v) is 1.94. The number of carbonyl (C=O) groups excluding carboxylic acids is 1. The number of benzene rings is 2. The molecule has 0 aromatic heterocycles. The molecule has 0 unspecified atom stereocenters. The first-order valence-corrected chi connectivity index (χ1v) is 6.88. The molecule has 0 heterocycles. The molecule has 2 rings (SSSR count). The Hall–Kier alpha value is -2.40. The largest absolute Gasteiger partial charge is 0.497 e. The van der Waals surface area contributed by atoms with E-state index in [0.717, 1.165) is 5.56 Å². The molecule has 2 aromatic carbocycles. The van der Waals surface area contributed by atoms with Crippen molar-refractivity contribution < 1.29 is 19.0 Å². The number of rotatable bonds is 4. The van der Waals surface area contributed by atoms with Gasteiger partial charge in [-0.05, 0) is 42.8 Å². The first-order valence-electron chi connectivity index (χ1n) is 6.50. The molecule has 6 heteroatoms. The van der Waals surface area contributed by atoms with E-state index in [1.54, 1.807) is 43.5 Å². The second kappa shape index (κ2) is 7.04. The fraction of sp³-hybridized carbons (Fsp3) is 0.188. The van der Waals surface area contributed by atoms with Crippen molar-refractivity contribution in [1.82, 2.24) is 0 Å². The van der Waals surface area contributed by atoms with E-state index in [2.05, 4.69) is 5.32 Å². The summed E-state index contributed by atoms with van der Waals surface area (Å²) >= 11 is 5.93. The van der Waals surface area contributed by atoms with E-state index in [1.165, 1.54) is 7.11 Å². The second-order valence-corrected chi connectivity index (χ2v) is 4.90. The van der Waals surface area contributed by atoms with Crippen LogP contribution in [0.15, 0.2) is 36.4 Å². The molecule has 0 aliphatic rings. The molecule has 0 aliphatic heterocycles. The van der Waals surface area contributed by atoms with Crippen LogP contribution >= 0.6 is 11.6 Å². The topological polar surface area (TPSA) is 56.8 Å². The number of nitrogens with one attached hydrogen (secondary N) is 1. The van der Waals surface area contributed by atoms with Crippen LogP contribution in [0.4, 0.5) is 10.5 Å². The molecular weight excluding hydrogens is 306 g/mol. The Labute approximate surface area is 133 Å². The van der Waals surface area contributed by atoms with Crippen molar-refractivity contribution in [1.29, 1.82) is 0 Å². The monoisotopic (exact) mass is 321 g/mol. The molecule has 116 valence electrons. The summed E-state index contributed by atoms with van der Waals surface area (Å²) in [6, 6.07) is 10.0. The van der Waals surface area contributed by atoms with Crippen LogP contribution in [-0.4, -0.2) is 20.3 Å². The number of halogens is 1. The van der Waals surface area contributed by atoms with Crippen LogP contribution in [0.2, 0.25) is 5.02 Å². The third-order valence-corrected chi connectivity index (χ3v) is 3.41. The molecule has 0 bridgehead atoms. The van der Waals surface area contributed by atoms with Crippen LogP contribution < -0.4 is 19.5 Å². The van der Waals surface area contributed by atoms with Gasteiger partial charge < -0.3 is 14.2 Å². The number of carbonyl (C=O) groups is 1. The van der Waals surface area contributed by atoms with E-state index in [4.69, 9.17) is 25.8 Å². The molecule has 5 nitrogen and oxygen atoms in total. The van der Waals surface area contributed by atoms with Gasteiger partial charge in [-0.2, -0.15) is 0 Å². The fourth-order valence-electron chi connectivity index (χ4n) is 1.82. The maximum Gasteiger partial charge on any atom is 0.417 e. The molecular formula is C16H16ClNO4. The predicted molar refractivity (Wildman–Crippen MR) is 85.4 cm³/mol. The molecule has 0 aliphatic carbocycles. The molecule has 0 atom stereocenters. The highest BCUT2D eigenvalue weighted by Crippen LogP contribution is 2.29. The van der Waals surface area contributed by atoms with Gasteiger partial charge in [0.1, 0.15) is 17.2 Å². The molecule has 0 saturated carbocycles. The van der Waals surface area contributed by atoms with Crippen molar-refractivity contribution in [2.24, 2.45) is 0 Å². The average Bonchev–Trinajstić information content (AvgIpc) is 2.51. The summed E-state index contributed by atoms with van der Waals surface area (Å²) in [6.45, 7) is 1.83. The van der Waals surface area contributed by atoms with Crippen molar-refractivity contribution in [3.05, 3.63) is 47.0 Å². The van der Waals surface area contributed by atoms with Crippen molar-refractivity contribution in [3.63, 3.8) is 0 Å². The Morgan fingerprint density at radius 1 is 1.05 bits per heavy atom. The van der Waals surface area contributed by atoms with E-state index in [1.807, 2.05) is 6.92 Å². The van der Waals surface area contributed by atoms with Gasteiger partial charge in [0.15, 0.2) is 0 Å². The summed E-state index contributed by atoms with van der Waals surface area (Å²) in [5, 5.41) is 3.24. The normalized spacial score (nSPS) is 10.0. The van der Waals surface area contributed by atoms with Crippen LogP contribution in [0, 0.1) is 6.92 Å². The van der Waals surface area contributed by atoms with E-state index in [0.29, 0.717) is 28.0 Å². The Kier molecular flexibility index (Phi) is 5.12. The van der Waals surface area contributed by atoms with Crippen LogP contribution in [0.5, 0.6) is 17.2 Å². The summed E-state index contributed by atoms with van der Waals surface area (Å²) in [6.07, 6.45) is -0.620. The SMILES string of the molecule is COc1ccc(NC(=O)Oc2ccc(Cl)c(C)c2)c(OC)c1. The quantitative estimate of drug-likeness (QED) is 0.913. The van der Waals surface area contributed by atoms with Crippen LogP contribution in [0.1, 0.15) is 5.56 Å². The zero-order valence-corrected chi connectivity index (χ0v) is 13.2. The Morgan fingerprint density at radius 2 is 1.77 bits per heavy atom. The maximum absolute atomic E-state index is 11.9. The van der Waals surface area contributed by atoms with Gasteiger partial charge >= 0.3 is 6.09 Å². The second-order valence-electron chi connectivity index (χ2n) is 4.49. The molecule has 22 heavy (non-hydrogen) atoms. The number of anilines is 1. The lowest BCUT2D eigenvalue weighted by molar-refractivity contribution is 0.215. The number of hydrogen-bond donors (Lipinski definition) is 1. The summed E-state index contributed by atoms with van der Waals surface area (Å²) in [5.41, 5.74) is 1.31. The van der Waals surface area contributed by atoms with Crippen molar-refractivity contribution in [2.45, 2.75) is 6.92 Å². The highest BCUT2D eigenvalue weighted by atomic mass is 35.5. The van der Waals surface area contributed by atoms with Crippen LogP contribution in [-0.2, 0) is 0 Å². The molecule has 0 spiro atoms. The third-order valence-electron chi connectivity index (χ3n) is 2.99. The minimum absolute atomic E-state index is 0.409. The number of hydrogen-bond acceptors (Lipinski definition) is 4. The van der Waals surface area contributed by atoms with E-state index < -0.39 is 6.09 Å². The summed E-state index contributed by atoms with van der Waals surface area (Å²) in [7, 11) is 3.06. The number of methoxy groups -OCH3 is 2. The number of amides is 1. The Morgan fingerprint density at radius 3 is 2.41 bits per heavy atom. The highest BCUT2D eigenvalue weighted by molar-refractivity contribution is 6.31. The zero-order chi connectivity index (χ0) is 16.1. The van der Waals surface area contributed by atoms with Crippen LogP contribution in [0.25, 0.3) is 0 Å². The standard InChI is InChI=1S/C16H16ClNO4/c1-10-8-12(4-6-13(10)17)22-16(19)18-14-7-5-11(20-2)9-15(14)21-3/h4-9H,1-3H3,(H,18,19). The smallest absolute Gasteiger partial charge is 0.417 e. The average molecular weight is 322 g/mol. The van der Waals surface area contributed by atoms with Gasteiger partial charge in [-0.1, -0.05) is 11.6 Å². The lowest BCUT2D eigenvalue weighted by atomic mass is 10.2. The van der Waals surface area contributed by atoms with Crippen LogP contribution in [0.3, 0.4) is 0 Å². The minimum Gasteiger partial charge on any atom is -0.497 e. The Balaban J connectivity index is 2.10. The van der Waals surface area contributed by atoms with Gasteiger partial charge in [-0.25, -0.2) is 4.79 Å². The Bertz CT molecular complexity index is 688. The third kappa shape index (κ3) is 3.83. The lowest BCUT2D eigenvalue weighted by Crippen LogP contribution is -2.17. The van der Waals surface area contributed by atoms with E-state index in [9.17, 15) is 4.79 Å². The number of aryl methyl sites for hydroxylation is 1. The first kappa shape index (κ1) is 16.0. The summed E-state index contributed by atoms with van der Waals surface area (Å²) < 4.78 is 15.5. The number of ether oxygens (including phenoxy) is 3. The van der Waals surface area contributed by atoms with Gasteiger partial charge in [-0.3, -0.25) is 5.32 Å². The summed E-state index contributed by atoms with van der Waals surface area (Å²) in [5.74, 6) is 1.51. The van der Waals surface area contributed by atoms with Crippen molar-refractivity contribution >= 4 is 23.4 Å². The molecule has 2 aromatic rings. The van der Waals surface area contributed by atoms with E-state index >= 15 is 0 Å². The molecule has 0 saturated heterocycles. The predicted octanol–water partition coefficient (Wildman–Crippen LogP) is 4.28. The minimum atomic E-state index is -0.620. The van der Waals surface area contributed by atoms with Gasteiger partial charge in [0.2, 0.25) is 0 Å². The molecule has 0 radical (unpaired) electrons. The summed E-state index contributed by atoms with van der Waals surface area (Å²) in [4.78, 5) is 11.9. The van der Waals surface area contributed by atoms with E-state index in [-0.39, 0.29) is 0 Å². The van der Waals surface area contributed by atoms with Gasteiger partial charge in [0.25, 0.3) is 0 Å². The van der Waals surface area contributed by atoms with Crippen molar-refractivity contribution in [2.75, 3.05) is 19.5 Å². The lowest BCUT2D eigenvalue weighted by Gasteiger charge is -2.12. The molecule has 1 amide bonds. The highest BCUT2D eigenvalue weighted by Gasteiger charge is 2.11. The maximum atomic E-state index is 11.9. The molecule has 0 fully saturated rings. The molecule has 1 N–H and O–H groups in total. The van der Waals surface area contributed by atoms with Gasteiger partial charge in [0, 0.05) is 11.1 Å². The van der Waals surface area contributed by atoms with Crippen molar-refractivity contribution in [3.8, 4) is 17.2 Å². The van der Waals surface area contributed by atoms with Gasteiger partial charge in [0.05, 0.1) is 19.9 Å².